The number of nitrogens with zero attached hydrogens (tertiary/aromatic N) is 1. The Hall–Kier alpha value is -2.34. The van der Waals surface area contributed by atoms with Gasteiger partial charge in [-0.05, 0) is 36.8 Å². The van der Waals surface area contributed by atoms with Gasteiger partial charge >= 0.3 is 5.97 Å². The molecule has 150 valence electrons. The van der Waals surface area contributed by atoms with Crippen molar-refractivity contribution >= 4 is 40.8 Å². The Labute approximate surface area is 181 Å². The summed E-state index contributed by atoms with van der Waals surface area (Å²) in [4.78, 5) is 24.5. The zero-order valence-corrected chi connectivity index (χ0v) is 17.4. The van der Waals surface area contributed by atoms with Crippen molar-refractivity contribution in [2.45, 2.75) is 19.9 Å². The molecular formula is C21H15Cl3FNO3. The summed E-state index contributed by atoms with van der Waals surface area (Å²) in [5.74, 6) is -1.88. The van der Waals surface area contributed by atoms with E-state index in [4.69, 9.17) is 34.8 Å². The van der Waals surface area contributed by atoms with Gasteiger partial charge in [-0.1, -0.05) is 46.9 Å². The highest BCUT2D eigenvalue weighted by molar-refractivity contribution is 6.42. The fourth-order valence-electron chi connectivity index (χ4n) is 3.21. The van der Waals surface area contributed by atoms with Gasteiger partial charge in [-0.2, -0.15) is 0 Å². The molecule has 0 fully saturated rings. The van der Waals surface area contributed by atoms with Gasteiger partial charge in [-0.25, -0.2) is 9.18 Å². The third-order valence-corrected chi connectivity index (χ3v) is 5.52. The van der Waals surface area contributed by atoms with Crippen LogP contribution in [0.25, 0.3) is 11.3 Å². The van der Waals surface area contributed by atoms with E-state index in [2.05, 4.69) is 0 Å². The van der Waals surface area contributed by atoms with Crippen molar-refractivity contribution in [3.63, 3.8) is 0 Å². The van der Waals surface area contributed by atoms with E-state index >= 15 is 0 Å². The quantitative estimate of drug-likeness (QED) is 0.520. The molecule has 3 rings (SSSR count). The van der Waals surface area contributed by atoms with E-state index < -0.39 is 17.2 Å². The van der Waals surface area contributed by atoms with Gasteiger partial charge in [0.25, 0.3) is 0 Å². The van der Waals surface area contributed by atoms with Crippen LogP contribution in [0.5, 0.6) is 0 Å². The second-order valence-corrected chi connectivity index (χ2v) is 7.55. The van der Waals surface area contributed by atoms with Crippen LogP contribution in [0.2, 0.25) is 15.1 Å². The van der Waals surface area contributed by atoms with Gasteiger partial charge in [0, 0.05) is 30.3 Å². The minimum absolute atomic E-state index is 0.0280. The van der Waals surface area contributed by atoms with Crippen LogP contribution in [0.1, 0.15) is 28.5 Å². The highest BCUT2D eigenvalue weighted by atomic mass is 35.5. The van der Waals surface area contributed by atoms with Gasteiger partial charge < -0.3 is 9.67 Å². The summed E-state index contributed by atoms with van der Waals surface area (Å²) in [6.07, 6.45) is 0.261. The average Bonchev–Trinajstić information content (AvgIpc) is 2.66. The molecule has 0 bridgehead atoms. The van der Waals surface area contributed by atoms with Crippen LogP contribution in [0, 0.1) is 5.82 Å². The van der Waals surface area contributed by atoms with Crippen molar-refractivity contribution in [3.05, 3.63) is 90.4 Å². The van der Waals surface area contributed by atoms with E-state index in [1.807, 2.05) is 6.92 Å². The molecule has 1 heterocycles. The molecule has 0 saturated carbocycles. The van der Waals surface area contributed by atoms with Crippen molar-refractivity contribution in [3.8, 4) is 11.3 Å². The average molecular weight is 455 g/mol. The number of aromatic carboxylic acids is 1. The highest BCUT2D eigenvalue weighted by Crippen LogP contribution is 2.31. The summed E-state index contributed by atoms with van der Waals surface area (Å²) < 4.78 is 15.2. The van der Waals surface area contributed by atoms with E-state index in [9.17, 15) is 19.1 Å². The van der Waals surface area contributed by atoms with Crippen LogP contribution in [0.4, 0.5) is 4.39 Å². The van der Waals surface area contributed by atoms with E-state index in [1.54, 1.807) is 22.8 Å². The third-order valence-electron chi connectivity index (χ3n) is 4.49. The third kappa shape index (κ3) is 4.32. The van der Waals surface area contributed by atoms with E-state index in [-0.39, 0.29) is 27.7 Å². The Morgan fingerprint density at radius 3 is 2.34 bits per heavy atom. The lowest BCUT2D eigenvalue weighted by Crippen LogP contribution is -2.23. The van der Waals surface area contributed by atoms with Crippen molar-refractivity contribution in [1.82, 2.24) is 4.57 Å². The lowest BCUT2D eigenvalue weighted by molar-refractivity contribution is 0.0695. The second kappa shape index (κ2) is 8.57. The normalized spacial score (nSPS) is 10.9. The molecule has 0 radical (unpaired) electrons. The van der Waals surface area contributed by atoms with Crippen molar-refractivity contribution in [1.29, 1.82) is 0 Å². The summed E-state index contributed by atoms with van der Waals surface area (Å²) in [5, 5.41) is 10.2. The van der Waals surface area contributed by atoms with E-state index in [1.165, 1.54) is 24.3 Å². The van der Waals surface area contributed by atoms with Crippen LogP contribution in [-0.4, -0.2) is 15.6 Å². The zero-order valence-electron chi connectivity index (χ0n) is 15.2. The molecule has 0 amide bonds. The van der Waals surface area contributed by atoms with Gasteiger partial charge in [-0.3, -0.25) is 4.79 Å². The lowest BCUT2D eigenvalue weighted by Gasteiger charge is -2.20. The van der Waals surface area contributed by atoms with Crippen LogP contribution < -0.4 is 5.43 Å². The molecule has 0 aliphatic carbocycles. The van der Waals surface area contributed by atoms with Crippen molar-refractivity contribution < 1.29 is 14.3 Å². The largest absolute Gasteiger partial charge is 0.477 e. The number of rotatable bonds is 5. The Kier molecular flexibility index (Phi) is 6.32. The Balaban J connectivity index is 2.27. The van der Waals surface area contributed by atoms with Crippen molar-refractivity contribution in [2.24, 2.45) is 0 Å². The summed E-state index contributed by atoms with van der Waals surface area (Å²) >= 11 is 18.0. The molecule has 8 heteroatoms. The van der Waals surface area contributed by atoms with E-state index in [0.717, 1.165) is 0 Å². The molecule has 1 N–H and O–H groups in total. The van der Waals surface area contributed by atoms with E-state index in [0.29, 0.717) is 28.4 Å². The number of pyridine rings is 1. The number of hydrogen-bond donors (Lipinski definition) is 1. The zero-order chi connectivity index (χ0) is 21.3. The lowest BCUT2D eigenvalue weighted by atomic mass is 10.0. The number of benzene rings is 2. The summed E-state index contributed by atoms with van der Waals surface area (Å²) in [7, 11) is 0. The fourth-order valence-corrected chi connectivity index (χ4v) is 3.71. The predicted molar refractivity (Wildman–Crippen MR) is 113 cm³/mol. The molecule has 0 aliphatic rings. The van der Waals surface area contributed by atoms with Gasteiger partial charge in [0.2, 0.25) is 0 Å². The summed E-state index contributed by atoms with van der Waals surface area (Å²) in [6, 6.07) is 10.3. The number of halogens is 4. The minimum atomic E-state index is -1.34. The van der Waals surface area contributed by atoms with Crippen LogP contribution in [0.15, 0.2) is 47.3 Å². The maximum absolute atomic E-state index is 13.5. The van der Waals surface area contributed by atoms with Gasteiger partial charge in [0.05, 0.1) is 20.8 Å². The molecule has 0 atom stereocenters. The highest BCUT2D eigenvalue weighted by Gasteiger charge is 2.22. The van der Waals surface area contributed by atoms with Crippen LogP contribution >= 0.6 is 34.8 Å². The minimum Gasteiger partial charge on any atom is -0.477 e. The van der Waals surface area contributed by atoms with Gasteiger partial charge in [0.15, 0.2) is 5.43 Å². The molecule has 0 unspecified atom stereocenters. The molecule has 0 saturated heterocycles. The number of hydrogen-bond acceptors (Lipinski definition) is 2. The number of carbonyl (C=O) groups is 1. The number of carboxylic acids is 1. The van der Waals surface area contributed by atoms with Crippen molar-refractivity contribution in [2.75, 3.05) is 0 Å². The SMILES string of the molecule is CCn1c(Cc2ccc(F)c(Cl)c2)cc(=O)c(C(=O)O)c1-c1ccc(Cl)c(Cl)c1. The Morgan fingerprint density at radius 1 is 1.03 bits per heavy atom. The molecule has 1 aromatic heterocycles. The topological polar surface area (TPSA) is 59.3 Å². The molecule has 29 heavy (non-hydrogen) atoms. The predicted octanol–water partition coefficient (Wildman–Crippen LogP) is 5.92. The number of carboxylic acid groups (broad SMARTS) is 1. The smallest absolute Gasteiger partial charge is 0.341 e. The first-order valence-electron chi connectivity index (χ1n) is 8.62. The second-order valence-electron chi connectivity index (χ2n) is 6.33. The standard InChI is InChI=1S/C21H15Cl3FNO3/c1-2-26-13(7-11-3-6-17(25)16(24)8-11)10-18(27)19(21(28)29)20(26)12-4-5-14(22)15(23)9-12/h3-6,8-10H,2,7H2,1H3,(H,28,29). The molecule has 0 aliphatic heterocycles. The van der Waals surface area contributed by atoms with Crippen LogP contribution in [0.3, 0.4) is 0 Å². The van der Waals surface area contributed by atoms with Crippen LogP contribution in [-0.2, 0) is 13.0 Å². The van der Waals surface area contributed by atoms with Gasteiger partial charge in [0.1, 0.15) is 11.4 Å². The fraction of sp³-hybridized carbons (Fsp3) is 0.143. The molecular weight excluding hydrogens is 440 g/mol. The first-order valence-corrected chi connectivity index (χ1v) is 9.75. The maximum Gasteiger partial charge on any atom is 0.341 e. The monoisotopic (exact) mass is 453 g/mol. The first kappa shape index (κ1) is 21.4. The molecule has 0 spiro atoms. The maximum atomic E-state index is 13.5. The first-order chi connectivity index (χ1) is 13.7. The Bertz CT molecular complexity index is 1170. The molecule has 2 aromatic carbocycles. The molecule has 4 nitrogen and oxygen atoms in total. The van der Waals surface area contributed by atoms with Gasteiger partial charge in [-0.15, -0.1) is 0 Å². The molecule has 3 aromatic rings. The summed E-state index contributed by atoms with van der Waals surface area (Å²) in [6.45, 7) is 2.22. The number of aromatic nitrogens is 1. The summed E-state index contributed by atoms with van der Waals surface area (Å²) in [5.41, 5.74) is 0.939. The Morgan fingerprint density at radius 2 is 1.76 bits per heavy atom.